The van der Waals surface area contributed by atoms with Crippen LogP contribution in [-0.4, -0.2) is 6.54 Å². The van der Waals surface area contributed by atoms with Crippen LogP contribution in [0.25, 0.3) is 0 Å². The molecule has 0 bridgehead atoms. The van der Waals surface area contributed by atoms with E-state index in [0.29, 0.717) is 6.04 Å². The van der Waals surface area contributed by atoms with Crippen LogP contribution in [0.4, 0.5) is 0 Å². The largest absolute Gasteiger partial charge is 0.309 e. The molecule has 3 rings (SSSR count). The molecule has 1 heterocycles. The first-order valence-electron chi connectivity index (χ1n) is 8.07. The van der Waals surface area contributed by atoms with Crippen LogP contribution in [0, 0.1) is 13.8 Å². The number of aryl methyl sites for hydroxylation is 4. The summed E-state index contributed by atoms with van der Waals surface area (Å²) in [6.07, 6.45) is 5.02. The molecule has 0 amide bonds. The minimum atomic E-state index is 0.465. The van der Waals surface area contributed by atoms with Crippen LogP contribution in [0.15, 0.2) is 24.3 Å². The molecule has 1 aliphatic carbocycles. The van der Waals surface area contributed by atoms with E-state index in [2.05, 4.69) is 50.4 Å². The molecule has 112 valence electrons. The van der Waals surface area contributed by atoms with Gasteiger partial charge in [0.05, 0.1) is 0 Å². The number of rotatable bonds is 5. The van der Waals surface area contributed by atoms with Gasteiger partial charge >= 0.3 is 0 Å². The minimum absolute atomic E-state index is 0.465. The molecule has 2 aromatic rings. The van der Waals surface area contributed by atoms with Crippen LogP contribution >= 0.6 is 11.3 Å². The zero-order chi connectivity index (χ0) is 14.8. The van der Waals surface area contributed by atoms with Crippen molar-refractivity contribution in [2.45, 2.75) is 52.5 Å². The Kier molecular flexibility index (Phi) is 4.46. The Morgan fingerprint density at radius 2 is 1.86 bits per heavy atom. The second-order valence-corrected chi connectivity index (χ2v) is 7.43. The maximum atomic E-state index is 3.69. The van der Waals surface area contributed by atoms with Gasteiger partial charge in [-0.15, -0.1) is 11.3 Å². The predicted octanol–water partition coefficient (Wildman–Crippen LogP) is 4.75. The second-order valence-electron chi connectivity index (χ2n) is 6.26. The molecule has 21 heavy (non-hydrogen) atoms. The van der Waals surface area contributed by atoms with Crippen molar-refractivity contribution in [3.05, 3.63) is 56.3 Å². The highest BCUT2D eigenvalue weighted by molar-refractivity contribution is 7.12. The molecule has 1 nitrogen and oxygen atoms in total. The molecule has 1 aromatic heterocycles. The SMILES string of the molecule is CCNC(Cc1cc(C)cc(C)c1)c1cc2c(s1)CCC2. The molecule has 2 heteroatoms. The highest BCUT2D eigenvalue weighted by Gasteiger charge is 2.20. The van der Waals surface area contributed by atoms with Crippen molar-refractivity contribution in [2.24, 2.45) is 0 Å². The zero-order valence-electron chi connectivity index (χ0n) is 13.3. The third-order valence-corrected chi connectivity index (χ3v) is 5.63. The number of hydrogen-bond donors (Lipinski definition) is 1. The Bertz CT molecular complexity index is 585. The monoisotopic (exact) mass is 299 g/mol. The van der Waals surface area contributed by atoms with E-state index < -0.39 is 0 Å². The third-order valence-electron chi connectivity index (χ3n) is 4.28. The number of benzene rings is 1. The van der Waals surface area contributed by atoms with Gasteiger partial charge in [-0.1, -0.05) is 36.2 Å². The number of nitrogens with one attached hydrogen (secondary N) is 1. The van der Waals surface area contributed by atoms with Crippen LogP contribution in [0.3, 0.4) is 0 Å². The Labute approximate surface area is 132 Å². The van der Waals surface area contributed by atoms with Gasteiger partial charge in [0, 0.05) is 15.8 Å². The van der Waals surface area contributed by atoms with E-state index in [0.717, 1.165) is 13.0 Å². The summed E-state index contributed by atoms with van der Waals surface area (Å²) in [7, 11) is 0. The maximum absolute atomic E-state index is 3.69. The van der Waals surface area contributed by atoms with Crippen LogP contribution < -0.4 is 5.32 Å². The Hall–Kier alpha value is -1.12. The average molecular weight is 299 g/mol. The predicted molar refractivity (Wildman–Crippen MR) is 92.4 cm³/mol. The lowest BCUT2D eigenvalue weighted by Crippen LogP contribution is -2.22. The lowest BCUT2D eigenvalue weighted by molar-refractivity contribution is 0.557. The quantitative estimate of drug-likeness (QED) is 0.840. The summed E-state index contributed by atoms with van der Waals surface area (Å²) in [5, 5.41) is 3.69. The second kappa shape index (κ2) is 6.33. The molecule has 1 aromatic carbocycles. The van der Waals surface area contributed by atoms with Crippen LogP contribution in [0.2, 0.25) is 0 Å². The Morgan fingerprint density at radius 3 is 2.52 bits per heavy atom. The highest BCUT2D eigenvalue weighted by atomic mass is 32.1. The first-order valence-corrected chi connectivity index (χ1v) is 8.89. The van der Waals surface area contributed by atoms with Gasteiger partial charge in [0.2, 0.25) is 0 Å². The van der Waals surface area contributed by atoms with Crippen LogP contribution in [0.5, 0.6) is 0 Å². The summed E-state index contributed by atoms with van der Waals surface area (Å²) in [5.41, 5.74) is 5.80. The molecular weight excluding hydrogens is 274 g/mol. The van der Waals surface area contributed by atoms with Crippen molar-refractivity contribution in [2.75, 3.05) is 6.54 Å². The summed E-state index contributed by atoms with van der Waals surface area (Å²) in [6.45, 7) is 7.62. The topological polar surface area (TPSA) is 12.0 Å². The van der Waals surface area contributed by atoms with Crippen molar-refractivity contribution in [1.29, 1.82) is 0 Å². The van der Waals surface area contributed by atoms with Gasteiger partial charge < -0.3 is 5.32 Å². The van der Waals surface area contributed by atoms with E-state index in [1.54, 1.807) is 10.4 Å². The van der Waals surface area contributed by atoms with Crippen molar-refractivity contribution >= 4 is 11.3 Å². The molecular formula is C19H25NS. The summed E-state index contributed by atoms with van der Waals surface area (Å²) in [5.74, 6) is 0. The fourth-order valence-electron chi connectivity index (χ4n) is 3.47. The standard InChI is InChI=1S/C19H25NS/c1-4-20-17(11-15-9-13(2)8-14(3)10-15)19-12-16-6-5-7-18(16)21-19/h8-10,12,17,20H,4-7,11H2,1-3H3. The van der Waals surface area contributed by atoms with E-state index in [1.165, 1.54) is 40.8 Å². The van der Waals surface area contributed by atoms with Crippen LogP contribution in [-0.2, 0) is 19.3 Å². The van der Waals surface area contributed by atoms with E-state index in [1.807, 2.05) is 11.3 Å². The molecule has 1 atom stereocenters. The fraction of sp³-hybridized carbons (Fsp3) is 0.474. The van der Waals surface area contributed by atoms with Crippen molar-refractivity contribution in [3.63, 3.8) is 0 Å². The molecule has 1 unspecified atom stereocenters. The van der Waals surface area contributed by atoms with Crippen molar-refractivity contribution in [3.8, 4) is 0 Å². The minimum Gasteiger partial charge on any atom is -0.309 e. The van der Waals surface area contributed by atoms with Crippen molar-refractivity contribution in [1.82, 2.24) is 5.32 Å². The first kappa shape index (κ1) is 14.8. The van der Waals surface area contributed by atoms with E-state index in [9.17, 15) is 0 Å². The fourth-order valence-corrected chi connectivity index (χ4v) is 4.80. The molecule has 1 aliphatic rings. The molecule has 0 aliphatic heterocycles. The first-order chi connectivity index (χ1) is 10.2. The van der Waals surface area contributed by atoms with Gasteiger partial charge in [0.15, 0.2) is 0 Å². The molecule has 0 spiro atoms. The van der Waals surface area contributed by atoms with Crippen molar-refractivity contribution < 1.29 is 0 Å². The molecule has 0 saturated carbocycles. The van der Waals surface area contributed by atoms with Gasteiger partial charge in [-0.25, -0.2) is 0 Å². The van der Waals surface area contributed by atoms with Gasteiger partial charge in [-0.2, -0.15) is 0 Å². The number of fused-ring (bicyclic) bond motifs is 1. The average Bonchev–Trinajstić information content (AvgIpc) is 2.97. The molecule has 0 fully saturated rings. The van der Waals surface area contributed by atoms with Gasteiger partial charge in [-0.05, 0) is 63.3 Å². The van der Waals surface area contributed by atoms with Gasteiger partial charge in [0.1, 0.15) is 0 Å². The number of likely N-dealkylation sites (N-methyl/N-ethyl adjacent to an activating group) is 1. The highest BCUT2D eigenvalue weighted by Crippen LogP contribution is 2.35. The molecule has 1 N–H and O–H groups in total. The summed E-state index contributed by atoms with van der Waals surface area (Å²) in [6, 6.07) is 9.85. The lowest BCUT2D eigenvalue weighted by atomic mass is 10.00. The molecule has 0 saturated heterocycles. The number of thiophene rings is 1. The normalized spacial score (nSPS) is 15.2. The van der Waals surface area contributed by atoms with E-state index in [4.69, 9.17) is 0 Å². The van der Waals surface area contributed by atoms with Gasteiger partial charge in [-0.3, -0.25) is 0 Å². The summed E-state index contributed by atoms with van der Waals surface area (Å²) in [4.78, 5) is 3.16. The van der Waals surface area contributed by atoms with E-state index >= 15 is 0 Å². The van der Waals surface area contributed by atoms with Gasteiger partial charge in [0.25, 0.3) is 0 Å². The third kappa shape index (κ3) is 3.38. The number of hydrogen-bond acceptors (Lipinski definition) is 2. The molecule has 0 radical (unpaired) electrons. The lowest BCUT2D eigenvalue weighted by Gasteiger charge is -2.17. The summed E-state index contributed by atoms with van der Waals surface area (Å²) >= 11 is 2.04. The smallest absolute Gasteiger partial charge is 0.0455 e. The van der Waals surface area contributed by atoms with Crippen LogP contribution in [0.1, 0.15) is 51.4 Å². The maximum Gasteiger partial charge on any atom is 0.0455 e. The zero-order valence-corrected chi connectivity index (χ0v) is 14.1. The Balaban J connectivity index is 1.83. The summed E-state index contributed by atoms with van der Waals surface area (Å²) < 4.78 is 0. The van der Waals surface area contributed by atoms with E-state index in [-0.39, 0.29) is 0 Å². The Morgan fingerprint density at radius 1 is 1.10 bits per heavy atom.